The summed E-state index contributed by atoms with van der Waals surface area (Å²) in [7, 11) is 0. The van der Waals surface area contributed by atoms with Gasteiger partial charge in [-0.2, -0.15) is 0 Å². The lowest BCUT2D eigenvalue weighted by molar-refractivity contribution is -0.0400. The molecule has 1 fully saturated rings. The van der Waals surface area contributed by atoms with Gasteiger partial charge in [-0.15, -0.1) is 0 Å². The molecule has 0 saturated carbocycles. The predicted molar refractivity (Wildman–Crippen MR) is 95.6 cm³/mol. The minimum atomic E-state index is -0.315. The summed E-state index contributed by atoms with van der Waals surface area (Å²) in [6.07, 6.45) is 1.02. The summed E-state index contributed by atoms with van der Waals surface area (Å²) in [5, 5.41) is 9.70. The minimum absolute atomic E-state index is 0.0990. The molecule has 0 aromatic heterocycles. The maximum absolute atomic E-state index is 9.70. The fraction of sp³-hybridized carbons (Fsp3) is 0.700. The smallest absolute Gasteiger partial charge is 0.114 e. The molecule has 1 aromatic carbocycles. The van der Waals surface area contributed by atoms with Crippen molar-refractivity contribution < 1.29 is 9.84 Å². The molecule has 0 bridgehead atoms. The van der Waals surface area contributed by atoms with E-state index >= 15 is 0 Å². The van der Waals surface area contributed by atoms with E-state index in [1.165, 1.54) is 11.1 Å². The topological polar surface area (TPSA) is 32.7 Å². The van der Waals surface area contributed by atoms with Gasteiger partial charge in [0.05, 0.1) is 12.2 Å². The van der Waals surface area contributed by atoms with Crippen LogP contribution in [-0.2, 0) is 16.6 Å². The maximum Gasteiger partial charge on any atom is 0.114 e. The Balaban J connectivity index is 2.01. The van der Waals surface area contributed by atoms with Gasteiger partial charge in [0.15, 0.2) is 0 Å². The molecule has 3 heteroatoms. The Bertz CT molecular complexity index is 489. The van der Waals surface area contributed by atoms with Crippen molar-refractivity contribution in [1.82, 2.24) is 4.90 Å². The summed E-state index contributed by atoms with van der Waals surface area (Å²) in [5.74, 6) is 0.402. The lowest BCUT2D eigenvalue weighted by Crippen LogP contribution is -2.40. The van der Waals surface area contributed by atoms with Gasteiger partial charge in [0, 0.05) is 13.1 Å². The first kappa shape index (κ1) is 18.4. The zero-order valence-electron chi connectivity index (χ0n) is 15.5. The second-order valence-electron chi connectivity index (χ2n) is 8.27. The molecule has 23 heavy (non-hydrogen) atoms. The van der Waals surface area contributed by atoms with Gasteiger partial charge in [-0.1, -0.05) is 52.0 Å². The van der Waals surface area contributed by atoms with Gasteiger partial charge in [0.25, 0.3) is 0 Å². The Morgan fingerprint density at radius 1 is 1.22 bits per heavy atom. The number of nitrogens with zero attached hydrogens (tertiary/aromatic N) is 1. The van der Waals surface area contributed by atoms with Crippen LogP contribution in [0.5, 0.6) is 0 Å². The molecule has 4 unspecified atom stereocenters. The van der Waals surface area contributed by atoms with E-state index in [9.17, 15) is 5.11 Å². The van der Waals surface area contributed by atoms with E-state index in [-0.39, 0.29) is 23.9 Å². The number of hydrogen-bond donors (Lipinski definition) is 1. The zero-order chi connectivity index (χ0) is 17.2. The van der Waals surface area contributed by atoms with Crippen molar-refractivity contribution in [1.29, 1.82) is 0 Å². The molecular weight excluding hydrogens is 286 g/mol. The van der Waals surface area contributed by atoms with Gasteiger partial charge in [-0.05, 0) is 42.7 Å². The summed E-state index contributed by atoms with van der Waals surface area (Å²) < 4.78 is 6.10. The van der Waals surface area contributed by atoms with Gasteiger partial charge in [0.2, 0.25) is 0 Å². The molecule has 0 spiro atoms. The first-order valence-corrected chi connectivity index (χ1v) is 8.84. The number of aliphatic hydroxyl groups excluding tert-OH is 1. The third kappa shape index (κ3) is 5.03. The maximum atomic E-state index is 9.70. The van der Waals surface area contributed by atoms with E-state index in [2.05, 4.69) is 63.8 Å². The van der Waals surface area contributed by atoms with Crippen molar-refractivity contribution in [3.8, 4) is 0 Å². The second-order valence-corrected chi connectivity index (χ2v) is 8.27. The molecule has 1 aliphatic heterocycles. The fourth-order valence-corrected chi connectivity index (χ4v) is 3.43. The highest BCUT2D eigenvalue weighted by Gasteiger charge is 2.34. The van der Waals surface area contributed by atoms with Crippen LogP contribution >= 0.6 is 0 Å². The number of rotatable bonds is 5. The lowest BCUT2D eigenvalue weighted by atomic mass is 9.86. The van der Waals surface area contributed by atoms with Crippen LogP contribution in [0.4, 0.5) is 0 Å². The van der Waals surface area contributed by atoms with Gasteiger partial charge in [-0.3, -0.25) is 4.90 Å². The Hall–Kier alpha value is -0.900. The van der Waals surface area contributed by atoms with Gasteiger partial charge >= 0.3 is 0 Å². The first-order chi connectivity index (χ1) is 10.7. The number of hydrogen-bond acceptors (Lipinski definition) is 3. The van der Waals surface area contributed by atoms with Crippen LogP contribution in [0, 0.1) is 5.92 Å². The van der Waals surface area contributed by atoms with Crippen molar-refractivity contribution in [3.05, 3.63) is 35.4 Å². The Morgan fingerprint density at radius 3 is 2.35 bits per heavy atom. The summed E-state index contributed by atoms with van der Waals surface area (Å²) in [6, 6.07) is 8.98. The van der Waals surface area contributed by atoms with E-state index in [1.54, 1.807) is 0 Å². The molecule has 1 heterocycles. The Morgan fingerprint density at radius 2 is 1.83 bits per heavy atom. The molecule has 1 N–H and O–H groups in total. The SMILES string of the molecule is CC(O)CN1CC(C)OC1C(C)Cc1ccc(C(C)(C)C)cc1. The Labute approximate surface area is 141 Å². The van der Waals surface area contributed by atoms with Crippen molar-refractivity contribution in [2.45, 2.75) is 71.8 Å². The quantitative estimate of drug-likeness (QED) is 0.900. The monoisotopic (exact) mass is 319 g/mol. The summed E-state index contributed by atoms with van der Waals surface area (Å²) in [4.78, 5) is 2.28. The molecule has 4 atom stereocenters. The number of β-amino-alcohol motifs (C(OH)–C–C–N with tert-alkyl or cyclic N) is 1. The van der Waals surface area contributed by atoms with E-state index in [0.717, 1.165) is 13.0 Å². The molecule has 2 rings (SSSR count). The van der Waals surface area contributed by atoms with E-state index in [0.29, 0.717) is 12.5 Å². The Kier molecular flexibility index (Phi) is 5.88. The van der Waals surface area contributed by atoms with Crippen LogP contribution in [-0.4, -0.2) is 41.5 Å². The van der Waals surface area contributed by atoms with E-state index in [4.69, 9.17) is 4.74 Å². The van der Waals surface area contributed by atoms with Crippen LogP contribution in [0.25, 0.3) is 0 Å². The number of ether oxygens (including phenoxy) is 1. The molecule has 0 amide bonds. The van der Waals surface area contributed by atoms with Crippen LogP contribution < -0.4 is 0 Å². The molecule has 1 saturated heterocycles. The third-order valence-electron chi connectivity index (χ3n) is 4.59. The van der Waals surface area contributed by atoms with Crippen molar-refractivity contribution in [2.75, 3.05) is 13.1 Å². The van der Waals surface area contributed by atoms with E-state index < -0.39 is 0 Å². The van der Waals surface area contributed by atoms with Crippen molar-refractivity contribution >= 4 is 0 Å². The van der Waals surface area contributed by atoms with Crippen LogP contribution in [0.1, 0.15) is 52.7 Å². The number of benzene rings is 1. The average molecular weight is 319 g/mol. The van der Waals surface area contributed by atoms with Crippen molar-refractivity contribution in [2.24, 2.45) is 5.92 Å². The van der Waals surface area contributed by atoms with Gasteiger partial charge < -0.3 is 9.84 Å². The van der Waals surface area contributed by atoms with E-state index in [1.807, 2.05) is 6.92 Å². The minimum Gasteiger partial charge on any atom is -0.392 e. The predicted octanol–water partition coefficient (Wildman–Crippen LogP) is 3.59. The molecule has 0 radical (unpaired) electrons. The molecular formula is C20H33NO2. The lowest BCUT2D eigenvalue weighted by Gasteiger charge is -2.29. The summed E-state index contributed by atoms with van der Waals surface area (Å²) in [6.45, 7) is 14.5. The van der Waals surface area contributed by atoms with Crippen LogP contribution in [0.3, 0.4) is 0 Å². The second kappa shape index (κ2) is 7.33. The van der Waals surface area contributed by atoms with Crippen molar-refractivity contribution in [3.63, 3.8) is 0 Å². The standard InChI is InChI=1S/C20H33NO2/c1-14(19-21(12-15(2)22)13-16(3)23-19)11-17-7-9-18(10-8-17)20(4,5)6/h7-10,14-16,19,22H,11-13H2,1-6H3. The van der Waals surface area contributed by atoms with Crippen LogP contribution in [0.15, 0.2) is 24.3 Å². The molecule has 0 aliphatic carbocycles. The highest BCUT2D eigenvalue weighted by atomic mass is 16.5. The largest absolute Gasteiger partial charge is 0.392 e. The van der Waals surface area contributed by atoms with Gasteiger partial charge in [0.1, 0.15) is 6.23 Å². The summed E-state index contributed by atoms with van der Waals surface area (Å²) >= 11 is 0. The summed E-state index contributed by atoms with van der Waals surface area (Å²) in [5.41, 5.74) is 2.92. The van der Waals surface area contributed by atoms with Crippen LogP contribution in [0.2, 0.25) is 0 Å². The fourth-order valence-electron chi connectivity index (χ4n) is 3.43. The average Bonchev–Trinajstić information content (AvgIpc) is 2.78. The molecule has 3 nitrogen and oxygen atoms in total. The molecule has 130 valence electrons. The highest BCUT2D eigenvalue weighted by Crippen LogP contribution is 2.27. The third-order valence-corrected chi connectivity index (χ3v) is 4.59. The molecule has 1 aliphatic rings. The van der Waals surface area contributed by atoms with Gasteiger partial charge in [-0.25, -0.2) is 0 Å². The zero-order valence-corrected chi connectivity index (χ0v) is 15.5. The normalized spacial score (nSPS) is 25.5. The number of aliphatic hydroxyl groups is 1. The first-order valence-electron chi connectivity index (χ1n) is 8.84. The highest BCUT2D eigenvalue weighted by molar-refractivity contribution is 5.27. The molecule has 1 aromatic rings.